The van der Waals surface area contributed by atoms with E-state index >= 15 is 0 Å². The monoisotopic (exact) mass is 156 g/mol. The molecule has 0 radical (unpaired) electrons. The van der Waals surface area contributed by atoms with E-state index in [0.717, 1.165) is 0 Å². The maximum absolute atomic E-state index is 10.7. The summed E-state index contributed by atoms with van der Waals surface area (Å²) in [6.07, 6.45) is 1.20. The molecule has 3 heteroatoms. The summed E-state index contributed by atoms with van der Waals surface area (Å²) < 4.78 is 4.60. The van der Waals surface area contributed by atoms with Crippen molar-refractivity contribution in [3.8, 4) is 0 Å². The Morgan fingerprint density at radius 1 is 1.36 bits per heavy atom. The zero-order valence-electron chi connectivity index (χ0n) is 7.01. The first kappa shape index (κ1) is 9.88. The zero-order chi connectivity index (χ0) is 8.85. The molecule has 0 aromatic heterocycles. The van der Waals surface area contributed by atoms with Crippen LogP contribution in [0.2, 0.25) is 0 Å². The van der Waals surface area contributed by atoms with E-state index in [1.54, 1.807) is 13.8 Å². The first-order valence-electron chi connectivity index (χ1n) is 3.44. The van der Waals surface area contributed by atoms with Crippen LogP contribution in [-0.4, -0.2) is 18.4 Å². The molecule has 3 nitrogen and oxygen atoms in total. The van der Waals surface area contributed by atoms with Crippen molar-refractivity contribution in [3.63, 3.8) is 0 Å². The van der Waals surface area contributed by atoms with Crippen LogP contribution in [0.5, 0.6) is 0 Å². The van der Waals surface area contributed by atoms with Crippen molar-refractivity contribution in [1.29, 1.82) is 0 Å². The predicted octanol–water partition coefficient (Wildman–Crippen LogP) is 1.08. The molecule has 0 amide bonds. The number of carbonyl (C=O) groups excluding carboxylic acids is 2. The maximum atomic E-state index is 10.7. The van der Waals surface area contributed by atoms with E-state index in [1.807, 2.05) is 0 Å². The van der Waals surface area contributed by atoms with Gasteiger partial charge in [0.15, 0.2) is 5.78 Å². The highest BCUT2D eigenvalue weighted by Gasteiger charge is 2.00. The van der Waals surface area contributed by atoms with E-state index in [0.29, 0.717) is 12.2 Å². The van der Waals surface area contributed by atoms with Gasteiger partial charge in [0.25, 0.3) is 0 Å². The van der Waals surface area contributed by atoms with Crippen molar-refractivity contribution < 1.29 is 14.3 Å². The summed E-state index contributed by atoms with van der Waals surface area (Å²) in [5, 5.41) is 0. The molecule has 0 heterocycles. The van der Waals surface area contributed by atoms with Gasteiger partial charge in [0.05, 0.1) is 6.61 Å². The van der Waals surface area contributed by atoms with Crippen molar-refractivity contribution in [3.05, 3.63) is 11.6 Å². The van der Waals surface area contributed by atoms with Gasteiger partial charge in [-0.2, -0.15) is 0 Å². The van der Waals surface area contributed by atoms with E-state index in [4.69, 9.17) is 0 Å². The topological polar surface area (TPSA) is 43.4 Å². The molecule has 0 bridgehead atoms. The van der Waals surface area contributed by atoms with Crippen LogP contribution in [0.4, 0.5) is 0 Å². The number of rotatable bonds is 3. The Morgan fingerprint density at radius 3 is 2.27 bits per heavy atom. The lowest BCUT2D eigenvalue weighted by Crippen LogP contribution is -2.03. The SMILES string of the molecule is CCOC(=O)C=C(C)C(C)=O. The lowest BCUT2D eigenvalue weighted by molar-refractivity contribution is -0.137. The minimum absolute atomic E-state index is 0.113. The molecule has 0 atom stereocenters. The van der Waals surface area contributed by atoms with Crippen molar-refractivity contribution in [2.45, 2.75) is 20.8 Å². The van der Waals surface area contributed by atoms with Crippen LogP contribution in [0.25, 0.3) is 0 Å². The minimum Gasteiger partial charge on any atom is -0.463 e. The molecule has 0 aliphatic rings. The van der Waals surface area contributed by atoms with Crippen molar-refractivity contribution in [2.24, 2.45) is 0 Å². The fourth-order valence-corrected chi connectivity index (χ4v) is 0.462. The second kappa shape index (κ2) is 4.66. The second-order valence-corrected chi connectivity index (χ2v) is 2.14. The molecule has 0 aliphatic carbocycles. The molecule has 62 valence electrons. The third-order valence-corrected chi connectivity index (χ3v) is 1.18. The Kier molecular flexibility index (Phi) is 4.18. The molecule has 0 saturated carbocycles. The number of Topliss-reactive ketones (excluding diaryl/α,β-unsaturated/α-hetero) is 1. The Hall–Kier alpha value is -1.12. The Bertz CT molecular complexity index is 192. The average Bonchev–Trinajstić information content (AvgIpc) is 1.87. The highest BCUT2D eigenvalue weighted by molar-refractivity contribution is 5.98. The molecule has 0 aromatic carbocycles. The van der Waals surface area contributed by atoms with E-state index in [2.05, 4.69) is 4.74 Å². The number of hydrogen-bond acceptors (Lipinski definition) is 3. The highest BCUT2D eigenvalue weighted by Crippen LogP contribution is 1.94. The zero-order valence-corrected chi connectivity index (χ0v) is 7.01. The average molecular weight is 156 g/mol. The second-order valence-electron chi connectivity index (χ2n) is 2.14. The molecule has 0 spiro atoms. The first-order chi connectivity index (χ1) is 5.07. The normalized spacial score (nSPS) is 11.0. The molecule has 0 N–H and O–H groups in total. The fraction of sp³-hybridized carbons (Fsp3) is 0.500. The van der Waals surface area contributed by atoms with E-state index in [1.165, 1.54) is 13.0 Å². The molecular formula is C8H12O3. The lowest BCUT2D eigenvalue weighted by atomic mass is 10.2. The maximum Gasteiger partial charge on any atom is 0.331 e. The summed E-state index contributed by atoms with van der Waals surface area (Å²) >= 11 is 0. The van der Waals surface area contributed by atoms with Crippen LogP contribution in [0.1, 0.15) is 20.8 Å². The largest absolute Gasteiger partial charge is 0.463 e. The fourth-order valence-electron chi connectivity index (χ4n) is 0.462. The van der Waals surface area contributed by atoms with Crippen LogP contribution >= 0.6 is 0 Å². The molecule has 11 heavy (non-hydrogen) atoms. The summed E-state index contributed by atoms with van der Waals surface area (Å²) in [4.78, 5) is 21.3. The quantitative estimate of drug-likeness (QED) is 0.453. The van der Waals surface area contributed by atoms with Gasteiger partial charge in [-0.25, -0.2) is 4.79 Å². The van der Waals surface area contributed by atoms with Crippen LogP contribution in [0.3, 0.4) is 0 Å². The van der Waals surface area contributed by atoms with Gasteiger partial charge in [-0.1, -0.05) is 0 Å². The number of carbonyl (C=O) groups is 2. The molecular weight excluding hydrogens is 144 g/mol. The van der Waals surface area contributed by atoms with Gasteiger partial charge >= 0.3 is 5.97 Å². The molecule has 0 saturated heterocycles. The number of allylic oxidation sites excluding steroid dienone is 1. The molecule has 0 unspecified atom stereocenters. The molecule has 0 aromatic rings. The van der Waals surface area contributed by atoms with E-state index in [-0.39, 0.29) is 5.78 Å². The third-order valence-electron chi connectivity index (χ3n) is 1.18. The number of ketones is 1. The molecule has 0 fully saturated rings. The highest BCUT2D eigenvalue weighted by atomic mass is 16.5. The summed E-state index contributed by atoms with van der Waals surface area (Å²) in [6.45, 7) is 5.04. The van der Waals surface area contributed by atoms with Crippen LogP contribution < -0.4 is 0 Å². The van der Waals surface area contributed by atoms with Crippen molar-refractivity contribution in [2.75, 3.05) is 6.61 Å². The lowest BCUT2D eigenvalue weighted by Gasteiger charge is -1.96. The first-order valence-corrected chi connectivity index (χ1v) is 3.44. The number of hydrogen-bond donors (Lipinski definition) is 0. The Labute approximate surface area is 66.0 Å². The number of ether oxygens (including phenoxy) is 1. The van der Waals surface area contributed by atoms with Gasteiger partial charge in [-0.15, -0.1) is 0 Å². The van der Waals surface area contributed by atoms with E-state index < -0.39 is 5.97 Å². The van der Waals surface area contributed by atoms with Crippen molar-refractivity contribution in [1.82, 2.24) is 0 Å². The summed E-state index contributed by atoms with van der Waals surface area (Å²) in [7, 11) is 0. The van der Waals surface area contributed by atoms with Gasteiger partial charge < -0.3 is 4.74 Å². The molecule has 0 rings (SSSR count). The Balaban J connectivity index is 4.08. The van der Waals surface area contributed by atoms with Gasteiger partial charge in [-0.3, -0.25) is 4.79 Å². The summed E-state index contributed by atoms with van der Waals surface area (Å²) in [6, 6.07) is 0. The van der Waals surface area contributed by atoms with Gasteiger partial charge in [0.2, 0.25) is 0 Å². The van der Waals surface area contributed by atoms with Gasteiger partial charge in [0.1, 0.15) is 0 Å². The third kappa shape index (κ3) is 4.31. The summed E-state index contributed by atoms with van der Waals surface area (Å²) in [5.41, 5.74) is 0.420. The molecule has 0 aliphatic heterocycles. The van der Waals surface area contributed by atoms with Crippen LogP contribution in [0, 0.1) is 0 Å². The Morgan fingerprint density at radius 2 is 1.91 bits per heavy atom. The predicted molar refractivity (Wildman–Crippen MR) is 41.1 cm³/mol. The van der Waals surface area contributed by atoms with E-state index in [9.17, 15) is 9.59 Å². The van der Waals surface area contributed by atoms with Gasteiger partial charge in [-0.05, 0) is 26.3 Å². The standard InChI is InChI=1S/C8H12O3/c1-4-11-8(10)5-6(2)7(3)9/h5H,4H2,1-3H3. The smallest absolute Gasteiger partial charge is 0.331 e. The van der Waals surface area contributed by atoms with Crippen LogP contribution in [0.15, 0.2) is 11.6 Å². The van der Waals surface area contributed by atoms with Crippen LogP contribution in [-0.2, 0) is 14.3 Å². The van der Waals surface area contributed by atoms with Gasteiger partial charge in [0, 0.05) is 6.08 Å². The van der Waals surface area contributed by atoms with Crippen molar-refractivity contribution >= 4 is 11.8 Å². The minimum atomic E-state index is -0.458. The number of esters is 1. The summed E-state index contributed by atoms with van der Waals surface area (Å²) in [5.74, 6) is -0.571.